The van der Waals surface area contributed by atoms with Crippen LogP contribution < -0.4 is 0 Å². The van der Waals surface area contributed by atoms with E-state index in [4.69, 9.17) is 4.74 Å². The Balaban J connectivity index is 1.80. The predicted octanol–water partition coefficient (Wildman–Crippen LogP) is 4.55. The number of amides is 2. The van der Waals surface area contributed by atoms with E-state index >= 15 is 0 Å². The summed E-state index contributed by atoms with van der Waals surface area (Å²) in [4.78, 5) is 20.4. The summed E-state index contributed by atoms with van der Waals surface area (Å²) in [5.41, 5.74) is 1.92. The molecule has 1 saturated heterocycles. The first-order valence-electron chi connectivity index (χ1n) is 8.93. The molecule has 2 aromatic carbocycles. The number of carbonyl (C=O) groups is 1. The summed E-state index contributed by atoms with van der Waals surface area (Å²) in [5.74, 6) is 0. The maximum absolute atomic E-state index is 13.1. The van der Waals surface area contributed by atoms with Crippen molar-refractivity contribution in [2.75, 3.05) is 13.6 Å². The lowest BCUT2D eigenvalue weighted by Gasteiger charge is -2.32. The fourth-order valence-electron chi connectivity index (χ4n) is 3.23. The highest BCUT2D eigenvalue weighted by molar-refractivity contribution is 5.79. The average Bonchev–Trinajstić information content (AvgIpc) is 3.02. The average molecular weight is 363 g/mol. The second-order valence-electron chi connectivity index (χ2n) is 7.01. The third-order valence-electron chi connectivity index (χ3n) is 4.69. The topological polar surface area (TPSA) is 45.1 Å². The van der Waals surface area contributed by atoms with Crippen LogP contribution in [-0.4, -0.2) is 41.9 Å². The first-order chi connectivity index (χ1) is 12.9. The van der Waals surface area contributed by atoms with Crippen LogP contribution in [0.5, 0.6) is 0 Å². The van der Waals surface area contributed by atoms with Gasteiger partial charge >= 0.3 is 6.03 Å². The Bertz CT molecular complexity index is 831. The summed E-state index contributed by atoms with van der Waals surface area (Å²) in [6.45, 7) is 7.95. The molecule has 1 atom stereocenters. The van der Waals surface area contributed by atoms with Gasteiger partial charge in [0.25, 0.3) is 0 Å². The number of carbonyl (C=O) groups excluding carboxylic acids is 1. The van der Waals surface area contributed by atoms with Crippen LogP contribution in [0.1, 0.15) is 31.1 Å². The zero-order chi connectivity index (χ0) is 19.4. The minimum Gasteiger partial charge on any atom is -0.346 e. The fourth-order valence-corrected chi connectivity index (χ4v) is 3.23. The van der Waals surface area contributed by atoms with Crippen LogP contribution >= 0.6 is 0 Å². The Morgan fingerprint density at radius 2 is 1.78 bits per heavy atom. The SMILES string of the molecule is C=NC(=CN(C)C(=O)N1CC(c2ccccc2)OC1(C)C)c1ccccc1. The summed E-state index contributed by atoms with van der Waals surface area (Å²) in [7, 11) is 1.72. The van der Waals surface area contributed by atoms with Crippen LogP contribution in [0.15, 0.2) is 71.9 Å². The van der Waals surface area contributed by atoms with E-state index < -0.39 is 5.72 Å². The van der Waals surface area contributed by atoms with Crippen molar-refractivity contribution in [1.82, 2.24) is 9.80 Å². The number of hydrogen-bond donors (Lipinski definition) is 0. The van der Waals surface area contributed by atoms with E-state index in [1.165, 1.54) is 4.90 Å². The maximum atomic E-state index is 13.1. The fraction of sp³-hybridized carbons (Fsp3) is 0.273. The van der Waals surface area contributed by atoms with Gasteiger partial charge in [-0.15, -0.1) is 0 Å². The second kappa shape index (κ2) is 7.76. The Hall–Kier alpha value is -2.92. The van der Waals surface area contributed by atoms with Crippen molar-refractivity contribution >= 4 is 18.4 Å². The monoisotopic (exact) mass is 363 g/mol. The molecule has 1 heterocycles. The molecule has 1 unspecified atom stereocenters. The number of benzene rings is 2. The van der Waals surface area contributed by atoms with Gasteiger partial charge in [-0.3, -0.25) is 9.89 Å². The van der Waals surface area contributed by atoms with Gasteiger partial charge in [0.05, 0.1) is 12.2 Å². The van der Waals surface area contributed by atoms with Gasteiger partial charge < -0.3 is 9.64 Å². The molecule has 0 aliphatic carbocycles. The Morgan fingerprint density at radius 1 is 1.19 bits per heavy atom. The number of nitrogens with zero attached hydrogens (tertiary/aromatic N) is 3. The number of ether oxygens (including phenoxy) is 1. The molecule has 2 amide bonds. The van der Waals surface area contributed by atoms with E-state index in [0.717, 1.165) is 11.1 Å². The van der Waals surface area contributed by atoms with Crippen molar-refractivity contribution in [2.45, 2.75) is 25.7 Å². The van der Waals surface area contributed by atoms with Crippen LogP contribution in [0.25, 0.3) is 5.70 Å². The van der Waals surface area contributed by atoms with Gasteiger partial charge in [0.15, 0.2) is 0 Å². The molecule has 0 bridgehead atoms. The molecule has 140 valence electrons. The van der Waals surface area contributed by atoms with Crippen LogP contribution in [0.2, 0.25) is 0 Å². The summed E-state index contributed by atoms with van der Waals surface area (Å²) in [5, 5.41) is 0. The van der Waals surface area contributed by atoms with Crippen molar-refractivity contribution in [1.29, 1.82) is 0 Å². The van der Waals surface area contributed by atoms with Crippen molar-refractivity contribution < 1.29 is 9.53 Å². The quantitative estimate of drug-likeness (QED) is 0.748. The first kappa shape index (κ1) is 18.9. The van der Waals surface area contributed by atoms with Crippen molar-refractivity contribution in [3.8, 4) is 0 Å². The summed E-state index contributed by atoms with van der Waals surface area (Å²) in [6, 6.07) is 19.5. The highest BCUT2D eigenvalue weighted by atomic mass is 16.5. The molecule has 0 N–H and O–H groups in total. The van der Waals surface area contributed by atoms with Gasteiger partial charge in [-0.25, -0.2) is 4.79 Å². The largest absolute Gasteiger partial charge is 0.346 e. The van der Waals surface area contributed by atoms with Gasteiger partial charge in [0.2, 0.25) is 0 Å². The van der Waals surface area contributed by atoms with Crippen LogP contribution in [0.4, 0.5) is 4.79 Å². The number of aliphatic imine (C=N–C) groups is 1. The van der Waals surface area contributed by atoms with Gasteiger partial charge in [-0.2, -0.15) is 0 Å². The van der Waals surface area contributed by atoms with E-state index in [2.05, 4.69) is 11.7 Å². The molecular weight excluding hydrogens is 338 g/mol. The summed E-state index contributed by atoms with van der Waals surface area (Å²) in [6.07, 6.45) is 1.56. The summed E-state index contributed by atoms with van der Waals surface area (Å²) < 4.78 is 6.16. The lowest BCUT2D eigenvalue weighted by Crippen LogP contribution is -2.47. The smallest absolute Gasteiger partial charge is 0.326 e. The molecule has 3 rings (SSSR count). The zero-order valence-corrected chi connectivity index (χ0v) is 16.0. The van der Waals surface area contributed by atoms with Gasteiger partial charge in [0.1, 0.15) is 11.8 Å². The molecule has 27 heavy (non-hydrogen) atoms. The molecule has 1 aliphatic heterocycles. The molecule has 2 aromatic rings. The third kappa shape index (κ3) is 4.09. The Labute approximate surface area is 160 Å². The van der Waals surface area contributed by atoms with E-state index in [-0.39, 0.29) is 12.1 Å². The molecule has 5 heteroatoms. The lowest BCUT2D eigenvalue weighted by atomic mass is 10.1. The Kier molecular flexibility index (Phi) is 5.42. The van der Waals surface area contributed by atoms with Gasteiger partial charge in [-0.05, 0) is 26.1 Å². The predicted molar refractivity (Wildman–Crippen MR) is 108 cm³/mol. The minimum absolute atomic E-state index is 0.143. The molecule has 1 fully saturated rings. The first-order valence-corrected chi connectivity index (χ1v) is 8.93. The second-order valence-corrected chi connectivity index (χ2v) is 7.01. The van der Waals surface area contributed by atoms with Crippen LogP contribution in [0, 0.1) is 0 Å². The van der Waals surface area contributed by atoms with E-state index in [0.29, 0.717) is 12.2 Å². The maximum Gasteiger partial charge on any atom is 0.326 e. The highest BCUT2D eigenvalue weighted by Crippen LogP contribution is 2.36. The zero-order valence-electron chi connectivity index (χ0n) is 16.0. The van der Waals surface area contributed by atoms with Crippen molar-refractivity contribution in [3.05, 3.63) is 78.0 Å². The van der Waals surface area contributed by atoms with Crippen molar-refractivity contribution in [2.24, 2.45) is 4.99 Å². The highest BCUT2D eigenvalue weighted by Gasteiger charge is 2.43. The molecule has 0 aromatic heterocycles. The third-order valence-corrected chi connectivity index (χ3v) is 4.69. The van der Waals surface area contributed by atoms with Crippen LogP contribution in [-0.2, 0) is 4.74 Å². The molecule has 0 spiro atoms. The standard InChI is InChI=1S/C22H25N3O2/c1-22(2)25(16-20(27-22)18-13-9-6-10-14-18)21(26)24(4)15-19(23-3)17-11-7-5-8-12-17/h5-15,20H,3,16H2,1-2,4H3. The molecule has 0 saturated carbocycles. The Morgan fingerprint density at radius 3 is 2.37 bits per heavy atom. The summed E-state index contributed by atoms with van der Waals surface area (Å²) >= 11 is 0. The van der Waals surface area contributed by atoms with Crippen LogP contribution in [0.3, 0.4) is 0 Å². The van der Waals surface area contributed by atoms with E-state index in [1.807, 2.05) is 74.5 Å². The molecule has 5 nitrogen and oxygen atoms in total. The van der Waals surface area contributed by atoms with Gasteiger partial charge in [0, 0.05) is 18.8 Å². The van der Waals surface area contributed by atoms with E-state index in [9.17, 15) is 4.79 Å². The number of hydrogen-bond acceptors (Lipinski definition) is 3. The molecule has 1 aliphatic rings. The number of urea groups is 1. The lowest BCUT2D eigenvalue weighted by molar-refractivity contribution is -0.0636. The molecule has 0 radical (unpaired) electrons. The normalized spacial score (nSPS) is 19.0. The van der Waals surface area contributed by atoms with Gasteiger partial charge in [-0.1, -0.05) is 60.7 Å². The van der Waals surface area contributed by atoms with Crippen molar-refractivity contribution in [3.63, 3.8) is 0 Å². The minimum atomic E-state index is -0.700. The van der Waals surface area contributed by atoms with E-state index in [1.54, 1.807) is 18.1 Å². The molecular formula is C22H25N3O2. The number of rotatable bonds is 4.